The molecule has 2 aromatic rings. The number of aliphatic hydroxyl groups excluding tert-OH is 3. The van der Waals surface area contributed by atoms with Crippen molar-refractivity contribution >= 4 is 17.5 Å². The molecular formula is C22H28N3O6+. The maximum Gasteiger partial charge on any atom is 0.292 e. The van der Waals surface area contributed by atoms with Gasteiger partial charge in [0, 0.05) is 30.4 Å². The molecule has 0 aliphatic carbocycles. The number of carbonyl (C=O) groups excluding carboxylic acids is 2. The zero-order chi connectivity index (χ0) is 22.5. The van der Waals surface area contributed by atoms with E-state index >= 15 is 0 Å². The highest BCUT2D eigenvalue weighted by Gasteiger charge is 2.48. The number of rotatable bonds is 7. The Hall–Kier alpha value is -2.85. The lowest BCUT2D eigenvalue weighted by atomic mass is 10.1. The number of hydrogen-bond acceptors (Lipinski definition) is 6. The molecule has 0 bridgehead atoms. The smallest absolute Gasteiger partial charge is 0.292 e. The summed E-state index contributed by atoms with van der Waals surface area (Å²) in [7, 11) is 0. The number of pyridine rings is 1. The van der Waals surface area contributed by atoms with E-state index in [1.165, 1.54) is 10.8 Å². The van der Waals surface area contributed by atoms with Crippen molar-refractivity contribution in [2.75, 3.05) is 25.0 Å². The number of ether oxygens (including phenoxy) is 1. The second kappa shape index (κ2) is 9.97. The van der Waals surface area contributed by atoms with Gasteiger partial charge >= 0.3 is 0 Å². The van der Waals surface area contributed by atoms with Crippen molar-refractivity contribution in [2.24, 2.45) is 0 Å². The van der Waals surface area contributed by atoms with Crippen molar-refractivity contribution in [3.05, 3.63) is 59.9 Å². The number of aromatic nitrogens is 1. The molecule has 0 saturated carbocycles. The summed E-state index contributed by atoms with van der Waals surface area (Å²) in [6, 6.07) is 9.89. The van der Waals surface area contributed by atoms with Gasteiger partial charge in [-0.1, -0.05) is 0 Å². The molecule has 31 heavy (non-hydrogen) atoms. The van der Waals surface area contributed by atoms with Gasteiger partial charge in [0.15, 0.2) is 18.5 Å². The van der Waals surface area contributed by atoms with E-state index in [1.807, 2.05) is 13.8 Å². The number of hydrogen-bond donors (Lipinski definition) is 4. The van der Waals surface area contributed by atoms with Crippen LogP contribution in [0.3, 0.4) is 0 Å². The molecule has 2 heterocycles. The predicted octanol–water partition coefficient (Wildman–Crippen LogP) is 0.320. The van der Waals surface area contributed by atoms with Crippen molar-refractivity contribution in [1.82, 2.24) is 4.90 Å². The topological polar surface area (TPSA) is 123 Å². The maximum absolute atomic E-state index is 12.7. The van der Waals surface area contributed by atoms with E-state index in [9.17, 15) is 24.9 Å². The number of anilines is 1. The van der Waals surface area contributed by atoms with Crippen LogP contribution in [0.2, 0.25) is 0 Å². The van der Waals surface area contributed by atoms with Crippen molar-refractivity contribution < 1.29 is 34.2 Å². The number of carbonyl (C=O) groups is 2. The Bertz CT molecular complexity index is 916. The van der Waals surface area contributed by atoms with Crippen molar-refractivity contribution in [1.29, 1.82) is 0 Å². The zero-order valence-electron chi connectivity index (χ0n) is 17.5. The Morgan fingerprint density at radius 2 is 1.74 bits per heavy atom. The van der Waals surface area contributed by atoms with Crippen LogP contribution in [0.15, 0.2) is 48.8 Å². The Balaban J connectivity index is 1.70. The van der Waals surface area contributed by atoms with Crippen LogP contribution in [0, 0.1) is 0 Å². The van der Waals surface area contributed by atoms with Gasteiger partial charge < -0.3 is 30.3 Å². The van der Waals surface area contributed by atoms with E-state index in [0.717, 1.165) is 0 Å². The summed E-state index contributed by atoms with van der Waals surface area (Å²) in [6.45, 7) is 4.65. The van der Waals surface area contributed by atoms with E-state index < -0.39 is 31.1 Å². The van der Waals surface area contributed by atoms with Gasteiger partial charge in [-0.3, -0.25) is 9.59 Å². The number of nitrogens with zero attached hydrogens (tertiary/aromatic N) is 2. The third-order valence-corrected chi connectivity index (χ3v) is 5.34. The van der Waals surface area contributed by atoms with Gasteiger partial charge in [-0.05, 0) is 44.2 Å². The Kier molecular flexibility index (Phi) is 7.34. The lowest BCUT2D eigenvalue weighted by Crippen LogP contribution is -2.46. The second-order valence-corrected chi connectivity index (χ2v) is 7.28. The monoisotopic (exact) mass is 430 g/mol. The molecule has 1 aromatic carbocycles. The Labute approximate surface area is 180 Å². The third kappa shape index (κ3) is 4.91. The first kappa shape index (κ1) is 22.8. The first-order chi connectivity index (χ1) is 14.9. The summed E-state index contributed by atoms with van der Waals surface area (Å²) in [5.74, 6) is -0.450. The summed E-state index contributed by atoms with van der Waals surface area (Å²) in [5, 5.41) is 32.1. The summed E-state index contributed by atoms with van der Waals surface area (Å²) in [4.78, 5) is 26.8. The first-order valence-electron chi connectivity index (χ1n) is 10.2. The summed E-state index contributed by atoms with van der Waals surface area (Å²) < 4.78 is 6.97. The Morgan fingerprint density at radius 3 is 2.32 bits per heavy atom. The van der Waals surface area contributed by atoms with E-state index in [2.05, 4.69) is 5.32 Å². The maximum atomic E-state index is 12.7. The minimum absolute atomic E-state index is 0.0644. The molecule has 9 nitrogen and oxygen atoms in total. The number of benzene rings is 1. The molecule has 2 unspecified atom stereocenters. The number of amides is 2. The zero-order valence-corrected chi connectivity index (χ0v) is 17.5. The quantitative estimate of drug-likeness (QED) is 0.469. The van der Waals surface area contributed by atoms with Gasteiger partial charge in [0.25, 0.3) is 18.0 Å². The molecule has 4 atom stereocenters. The van der Waals surface area contributed by atoms with Crippen molar-refractivity contribution in [3.63, 3.8) is 0 Å². The lowest BCUT2D eigenvalue weighted by molar-refractivity contribution is -0.765. The highest BCUT2D eigenvalue weighted by Crippen LogP contribution is 2.25. The second-order valence-electron chi connectivity index (χ2n) is 7.28. The van der Waals surface area contributed by atoms with Gasteiger partial charge in [0.1, 0.15) is 17.8 Å². The fourth-order valence-electron chi connectivity index (χ4n) is 3.50. The van der Waals surface area contributed by atoms with Crippen LogP contribution in [0.25, 0.3) is 0 Å². The predicted molar refractivity (Wildman–Crippen MR) is 111 cm³/mol. The van der Waals surface area contributed by atoms with E-state index in [-0.39, 0.29) is 11.8 Å². The molecule has 0 radical (unpaired) electrons. The summed E-state index contributed by atoms with van der Waals surface area (Å²) in [5.41, 5.74) is 1.39. The van der Waals surface area contributed by atoms with Crippen LogP contribution < -0.4 is 9.88 Å². The molecule has 1 saturated heterocycles. The average molecular weight is 430 g/mol. The summed E-state index contributed by atoms with van der Waals surface area (Å²) in [6.07, 6.45) is -1.19. The lowest BCUT2D eigenvalue weighted by Gasteiger charge is -2.18. The molecule has 2 amide bonds. The van der Waals surface area contributed by atoms with Crippen LogP contribution in [0.5, 0.6) is 0 Å². The minimum atomic E-state index is -1.24. The first-order valence-corrected chi connectivity index (χ1v) is 10.2. The van der Waals surface area contributed by atoms with E-state index in [0.29, 0.717) is 29.9 Å². The molecule has 1 aliphatic heterocycles. The Morgan fingerprint density at radius 1 is 1.06 bits per heavy atom. The van der Waals surface area contributed by atoms with Crippen LogP contribution in [0.1, 0.15) is 40.8 Å². The van der Waals surface area contributed by atoms with Crippen LogP contribution in [0.4, 0.5) is 5.69 Å². The average Bonchev–Trinajstić information content (AvgIpc) is 3.09. The van der Waals surface area contributed by atoms with Gasteiger partial charge in [0.2, 0.25) is 0 Å². The number of aliphatic hydroxyl groups is 3. The molecule has 3 rings (SSSR count). The molecule has 4 N–H and O–H groups in total. The van der Waals surface area contributed by atoms with Crippen LogP contribution in [-0.4, -0.2) is 70.0 Å². The van der Waals surface area contributed by atoms with E-state index in [4.69, 9.17) is 4.74 Å². The van der Waals surface area contributed by atoms with Crippen molar-refractivity contribution in [3.8, 4) is 0 Å². The molecule has 166 valence electrons. The molecule has 0 spiro atoms. The molecule has 9 heteroatoms. The van der Waals surface area contributed by atoms with E-state index in [1.54, 1.807) is 47.5 Å². The van der Waals surface area contributed by atoms with Gasteiger partial charge in [-0.25, -0.2) is 0 Å². The van der Waals surface area contributed by atoms with Crippen LogP contribution >= 0.6 is 0 Å². The SMILES string of the molecule is CCN(CC)C(=O)c1ccc(NC(=O)c2ccc[n+](C3OC(CO)[C@@H](O)[C@H]3O)c2)cc1. The standard InChI is InChI=1S/C22H27N3O6/c1-3-24(4-2)21(30)14-7-9-16(10-8-14)23-20(29)15-6-5-11-25(12-15)22-19(28)18(27)17(13-26)31-22/h5-12,17-19,22,26-28H,3-4,13H2,1-2H3/p+1/t17?,18-,19-,22?/m1/s1. The third-order valence-electron chi connectivity index (χ3n) is 5.34. The molecule has 1 fully saturated rings. The minimum Gasteiger partial charge on any atom is -0.394 e. The fourth-order valence-corrected chi connectivity index (χ4v) is 3.50. The van der Waals surface area contributed by atoms with Crippen LogP contribution in [-0.2, 0) is 4.74 Å². The molecule has 1 aliphatic rings. The van der Waals surface area contributed by atoms with Gasteiger partial charge in [0.05, 0.1) is 6.61 Å². The molecular weight excluding hydrogens is 402 g/mol. The largest absolute Gasteiger partial charge is 0.394 e. The highest BCUT2D eigenvalue weighted by molar-refractivity contribution is 6.04. The van der Waals surface area contributed by atoms with Gasteiger partial charge in [-0.2, -0.15) is 4.57 Å². The normalized spacial score (nSPS) is 22.9. The summed E-state index contributed by atoms with van der Waals surface area (Å²) >= 11 is 0. The van der Waals surface area contributed by atoms with Crippen molar-refractivity contribution in [2.45, 2.75) is 38.4 Å². The fraction of sp³-hybridized carbons (Fsp3) is 0.409. The molecule has 1 aromatic heterocycles. The van der Waals surface area contributed by atoms with Gasteiger partial charge in [-0.15, -0.1) is 0 Å². The number of nitrogens with one attached hydrogen (secondary N) is 1. The highest BCUT2D eigenvalue weighted by atomic mass is 16.6.